The summed E-state index contributed by atoms with van der Waals surface area (Å²) in [6.07, 6.45) is 9.79. The van der Waals surface area contributed by atoms with E-state index in [1.54, 1.807) is 0 Å². The molecule has 0 aromatic heterocycles. The molecule has 0 N–H and O–H groups in total. The fourth-order valence-corrected chi connectivity index (χ4v) is 3.81. The van der Waals surface area contributed by atoms with E-state index >= 15 is 0 Å². The van der Waals surface area contributed by atoms with Crippen LogP contribution in [0.5, 0.6) is 0 Å². The number of fused-ring (bicyclic) bond motifs is 1. The molecule has 2 aliphatic rings. The van der Waals surface area contributed by atoms with E-state index in [0.717, 1.165) is 19.3 Å². The molecule has 18 heavy (non-hydrogen) atoms. The lowest BCUT2D eigenvalue weighted by Gasteiger charge is -2.26. The van der Waals surface area contributed by atoms with Gasteiger partial charge in [-0.3, -0.25) is 0 Å². The van der Waals surface area contributed by atoms with Crippen molar-refractivity contribution >= 4 is 6.08 Å². The summed E-state index contributed by atoms with van der Waals surface area (Å²) in [6, 6.07) is 4.42. The summed E-state index contributed by atoms with van der Waals surface area (Å²) in [5.74, 6) is 0. The minimum Gasteiger partial charge on any atom is -0.211 e. The van der Waals surface area contributed by atoms with Crippen LogP contribution in [0.3, 0.4) is 0 Å². The zero-order valence-electron chi connectivity index (χ0n) is 11.0. The van der Waals surface area contributed by atoms with Crippen LogP contribution in [0, 0.1) is 6.92 Å². The van der Waals surface area contributed by atoms with Crippen molar-refractivity contribution in [2.75, 3.05) is 0 Å². The maximum atomic E-state index is 10.8. The molecule has 1 aromatic rings. The molecule has 3 rings (SSSR count). The molecule has 0 heterocycles. The van der Waals surface area contributed by atoms with Crippen LogP contribution in [-0.4, -0.2) is 6.08 Å². The lowest BCUT2D eigenvalue weighted by molar-refractivity contribution is 0.452. The van der Waals surface area contributed by atoms with Crippen molar-refractivity contribution in [1.29, 1.82) is 0 Å². The first kappa shape index (κ1) is 11.7. The van der Waals surface area contributed by atoms with Crippen LogP contribution in [0.25, 0.3) is 0 Å². The van der Waals surface area contributed by atoms with Gasteiger partial charge in [0.2, 0.25) is 6.08 Å². The molecule has 0 spiro atoms. The third-order valence-electron chi connectivity index (χ3n) is 4.71. The second kappa shape index (κ2) is 4.37. The van der Waals surface area contributed by atoms with Gasteiger partial charge in [-0.05, 0) is 61.3 Å². The third-order valence-corrected chi connectivity index (χ3v) is 4.71. The maximum absolute atomic E-state index is 10.8. The summed E-state index contributed by atoms with van der Waals surface area (Å²) in [5, 5.41) is 0. The van der Waals surface area contributed by atoms with Gasteiger partial charge in [0.1, 0.15) is 0 Å². The van der Waals surface area contributed by atoms with Crippen LogP contribution >= 0.6 is 0 Å². The molecule has 2 heteroatoms. The molecule has 2 nitrogen and oxygen atoms in total. The first-order chi connectivity index (χ1) is 8.77. The molecule has 0 saturated heterocycles. The van der Waals surface area contributed by atoms with E-state index in [-0.39, 0.29) is 5.54 Å². The van der Waals surface area contributed by atoms with Crippen molar-refractivity contribution in [2.24, 2.45) is 4.99 Å². The minimum absolute atomic E-state index is 0.246. The monoisotopic (exact) mass is 241 g/mol. The van der Waals surface area contributed by atoms with Gasteiger partial charge in [0, 0.05) is 0 Å². The van der Waals surface area contributed by atoms with Crippen molar-refractivity contribution in [3.05, 3.63) is 34.4 Å². The molecule has 0 unspecified atom stereocenters. The zero-order chi connectivity index (χ0) is 12.6. The summed E-state index contributed by atoms with van der Waals surface area (Å²) >= 11 is 0. The topological polar surface area (TPSA) is 29.4 Å². The molecule has 2 aliphatic carbocycles. The number of benzene rings is 1. The van der Waals surface area contributed by atoms with Gasteiger partial charge in [0.15, 0.2) is 0 Å². The number of isocyanates is 1. The van der Waals surface area contributed by atoms with Gasteiger partial charge in [-0.25, -0.2) is 4.79 Å². The minimum atomic E-state index is -0.246. The highest BCUT2D eigenvalue weighted by molar-refractivity contribution is 5.49. The molecule has 0 radical (unpaired) electrons. The number of nitrogens with zero attached hydrogens (tertiary/aromatic N) is 1. The van der Waals surface area contributed by atoms with E-state index in [1.165, 1.54) is 47.9 Å². The fourth-order valence-electron chi connectivity index (χ4n) is 3.81. The lowest BCUT2D eigenvalue weighted by atomic mass is 9.83. The summed E-state index contributed by atoms with van der Waals surface area (Å²) in [7, 11) is 0. The smallest absolute Gasteiger partial charge is 0.211 e. The summed E-state index contributed by atoms with van der Waals surface area (Å²) in [6.45, 7) is 2.19. The van der Waals surface area contributed by atoms with E-state index in [4.69, 9.17) is 0 Å². The molecule has 94 valence electrons. The second-order valence-corrected chi connectivity index (χ2v) is 5.68. The third kappa shape index (κ3) is 1.64. The Labute approximate surface area is 108 Å². The molecule has 1 fully saturated rings. The van der Waals surface area contributed by atoms with Crippen LogP contribution in [0.4, 0.5) is 0 Å². The van der Waals surface area contributed by atoms with Crippen LogP contribution < -0.4 is 0 Å². The Morgan fingerprint density at radius 3 is 2.56 bits per heavy atom. The molecule has 0 atom stereocenters. The van der Waals surface area contributed by atoms with E-state index < -0.39 is 0 Å². The van der Waals surface area contributed by atoms with Gasteiger partial charge in [0.25, 0.3) is 0 Å². The highest BCUT2D eigenvalue weighted by Gasteiger charge is 2.38. The Hall–Kier alpha value is -1.40. The number of rotatable bonds is 2. The number of aryl methyl sites for hydroxylation is 1. The van der Waals surface area contributed by atoms with E-state index in [0.29, 0.717) is 0 Å². The Kier molecular flexibility index (Phi) is 2.83. The van der Waals surface area contributed by atoms with Gasteiger partial charge >= 0.3 is 0 Å². The van der Waals surface area contributed by atoms with Crippen molar-refractivity contribution in [1.82, 2.24) is 0 Å². The van der Waals surface area contributed by atoms with Crippen LogP contribution in [0.15, 0.2) is 17.1 Å². The highest BCUT2D eigenvalue weighted by atomic mass is 16.1. The summed E-state index contributed by atoms with van der Waals surface area (Å²) < 4.78 is 0. The average molecular weight is 241 g/mol. The second-order valence-electron chi connectivity index (χ2n) is 5.68. The molecular formula is C16H19NO. The Bertz CT molecular complexity index is 520. The first-order valence-corrected chi connectivity index (χ1v) is 6.98. The fraction of sp³-hybridized carbons (Fsp3) is 0.562. The maximum Gasteiger partial charge on any atom is 0.235 e. The van der Waals surface area contributed by atoms with Gasteiger partial charge in [-0.1, -0.05) is 25.0 Å². The number of hydrogen-bond acceptors (Lipinski definition) is 2. The van der Waals surface area contributed by atoms with Crippen LogP contribution in [-0.2, 0) is 23.2 Å². The van der Waals surface area contributed by atoms with Crippen molar-refractivity contribution in [3.63, 3.8) is 0 Å². The average Bonchev–Trinajstić information content (AvgIpc) is 2.99. The van der Waals surface area contributed by atoms with E-state index in [9.17, 15) is 4.79 Å². The largest absolute Gasteiger partial charge is 0.235 e. The highest BCUT2D eigenvalue weighted by Crippen LogP contribution is 2.45. The Balaban J connectivity index is 2.17. The van der Waals surface area contributed by atoms with E-state index in [1.807, 2.05) is 6.08 Å². The first-order valence-electron chi connectivity index (χ1n) is 6.98. The van der Waals surface area contributed by atoms with Gasteiger partial charge in [-0.15, -0.1) is 0 Å². The molecule has 0 amide bonds. The summed E-state index contributed by atoms with van der Waals surface area (Å²) in [4.78, 5) is 15.0. The van der Waals surface area contributed by atoms with Crippen LogP contribution in [0.1, 0.15) is 54.4 Å². The van der Waals surface area contributed by atoms with Gasteiger partial charge in [0.05, 0.1) is 5.54 Å². The number of carbonyl (C=O) groups excluding carboxylic acids is 1. The molecule has 0 aliphatic heterocycles. The van der Waals surface area contributed by atoms with E-state index in [2.05, 4.69) is 24.0 Å². The van der Waals surface area contributed by atoms with Gasteiger partial charge in [-0.2, -0.15) is 4.99 Å². The molecular weight excluding hydrogens is 222 g/mol. The predicted octanol–water partition coefficient (Wildman–Crippen LogP) is 3.59. The molecule has 0 bridgehead atoms. The molecule has 1 saturated carbocycles. The zero-order valence-corrected chi connectivity index (χ0v) is 11.0. The van der Waals surface area contributed by atoms with Crippen LogP contribution in [0.2, 0.25) is 0 Å². The van der Waals surface area contributed by atoms with Gasteiger partial charge < -0.3 is 0 Å². The molecule has 1 aromatic carbocycles. The lowest BCUT2D eigenvalue weighted by Crippen LogP contribution is -2.21. The Morgan fingerprint density at radius 1 is 1.11 bits per heavy atom. The standard InChI is InChI=1S/C16H19NO/c1-12-7-8-15(14-6-4-5-13(12)14)16(17-11-18)9-2-3-10-16/h7-8H,2-6,9-10H2,1H3. The summed E-state index contributed by atoms with van der Waals surface area (Å²) in [5.41, 5.74) is 5.47. The number of aliphatic imine (C=N–C) groups is 1. The predicted molar refractivity (Wildman–Crippen MR) is 71.5 cm³/mol. The Morgan fingerprint density at radius 2 is 1.83 bits per heavy atom. The number of hydrogen-bond donors (Lipinski definition) is 0. The SMILES string of the molecule is Cc1ccc(C2(N=C=O)CCCC2)c2c1CCC2. The van der Waals surface area contributed by atoms with Crippen molar-refractivity contribution in [2.45, 2.75) is 57.4 Å². The normalized spacial score (nSPS) is 20.5. The van der Waals surface area contributed by atoms with Crippen molar-refractivity contribution < 1.29 is 4.79 Å². The van der Waals surface area contributed by atoms with Crippen molar-refractivity contribution in [3.8, 4) is 0 Å². The quantitative estimate of drug-likeness (QED) is 0.574.